The number of hydrogen-bond donors (Lipinski definition) is 0. The summed E-state index contributed by atoms with van der Waals surface area (Å²) in [5, 5.41) is 12.8. The third-order valence-electron chi connectivity index (χ3n) is 1.95. The first kappa shape index (κ1) is 7.74. The van der Waals surface area contributed by atoms with E-state index in [0.29, 0.717) is 6.42 Å². The van der Waals surface area contributed by atoms with Crippen LogP contribution in [0.2, 0.25) is 0 Å². The van der Waals surface area contributed by atoms with Gasteiger partial charge in [0.1, 0.15) is 0 Å². The Morgan fingerprint density at radius 3 is 3.23 bits per heavy atom. The van der Waals surface area contributed by atoms with Gasteiger partial charge in [-0.3, -0.25) is 0 Å². The highest BCUT2D eigenvalue weighted by Crippen LogP contribution is 2.12. The van der Waals surface area contributed by atoms with Crippen molar-refractivity contribution in [1.29, 1.82) is 5.26 Å². The molecular formula is C9H8N4. The monoisotopic (exact) mass is 172 g/mol. The summed E-state index contributed by atoms with van der Waals surface area (Å²) in [6.07, 6.45) is 3.90. The largest absolute Gasteiger partial charge is 0.237 e. The van der Waals surface area contributed by atoms with Gasteiger partial charge in [-0.15, -0.1) is 0 Å². The molecule has 4 heteroatoms. The van der Waals surface area contributed by atoms with E-state index in [0.717, 1.165) is 16.9 Å². The van der Waals surface area contributed by atoms with Gasteiger partial charge in [0.2, 0.25) is 0 Å². The van der Waals surface area contributed by atoms with Gasteiger partial charge < -0.3 is 0 Å². The Morgan fingerprint density at radius 2 is 2.46 bits per heavy atom. The van der Waals surface area contributed by atoms with E-state index in [1.54, 1.807) is 10.7 Å². The lowest BCUT2D eigenvalue weighted by Crippen LogP contribution is -1.88. The maximum atomic E-state index is 8.61. The number of rotatable bonds is 1. The first-order valence-corrected chi connectivity index (χ1v) is 3.98. The molecule has 0 spiro atoms. The molecule has 13 heavy (non-hydrogen) atoms. The highest BCUT2D eigenvalue weighted by atomic mass is 15.2. The molecule has 2 aromatic heterocycles. The second kappa shape index (κ2) is 2.87. The van der Waals surface area contributed by atoms with Crippen molar-refractivity contribution >= 4 is 5.65 Å². The number of nitriles is 1. The molecule has 0 bridgehead atoms. The molecule has 0 unspecified atom stereocenters. The standard InChI is InChI=1S/C9H8N4/c1-7-8(3-4-10)9-11-5-2-6-13(9)12-7/h2,5-6H,3H2,1H3. The third kappa shape index (κ3) is 1.14. The quantitative estimate of drug-likeness (QED) is 0.647. The minimum absolute atomic E-state index is 0.367. The van der Waals surface area contributed by atoms with Gasteiger partial charge in [-0.05, 0) is 13.0 Å². The molecule has 0 saturated heterocycles. The van der Waals surface area contributed by atoms with Crippen LogP contribution in [0.4, 0.5) is 0 Å². The van der Waals surface area contributed by atoms with Crippen LogP contribution < -0.4 is 0 Å². The average Bonchev–Trinajstić information content (AvgIpc) is 2.44. The molecule has 0 amide bonds. The van der Waals surface area contributed by atoms with Crippen molar-refractivity contribution in [2.75, 3.05) is 0 Å². The molecular weight excluding hydrogens is 164 g/mol. The van der Waals surface area contributed by atoms with Crippen LogP contribution in [0, 0.1) is 18.3 Å². The van der Waals surface area contributed by atoms with Crippen LogP contribution in [-0.2, 0) is 6.42 Å². The molecule has 0 aliphatic carbocycles. The number of hydrogen-bond acceptors (Lipinski definition) is 3. The van der Waals surface area contributed by atoms with Crippen molar-refractivity contribution < 1.29 is 0 Å². The molecule has 0 atom stereocenters. The Balaban J connectivity index is 2.73. The van der Waals surface area contributed by atoms with Crippen LogP contribution in [0.1, 0.15) is 11.3 Å². The van der Waals surface area contributed by atoms with Gasteiger partial charge in [0, 0.05) is 18.0 Å². The van der Waals surface area contributed by atoms with E-state index in [1.165, 1.54) is 0 Å². The molecule has 0 fully saturated rings. The summed E-state index contributed by atoms with van der Waals surface area (Å²) in [7, 11) is 0. The van der Waals surface area contributed by atoms with Crippen LogP contribution in [0.5, 0.6) is 0 Å². The van der Waals surface area contributed by atoms with Crippen molar-refractivity contribution in [3.63, 3.8) is 0 Å². The molecule has 4 nitrogen and oxygen atoms in total. The van der Waals surface area contributed by atoms with Crippen LogP contribution in [0.25, 0.3) is 5.65 Å². The molecule has 0 aliphatic rings. The maximum Gasteiger partial charge on any atom is 0.159 e. The smallest absolute Gasteiger partial charge is 0.159 e. The number of aryl methyl sites for hydroxylation is 1. The minimum Gasteiger partial charge on any atom is -0.237 e. The molecule has 0 saturated carbocycles. The molecule has 2 aromatic rings. The molecule has 64 valence electrons. The second-order valence-corrected chi connectivity index (χ2v) is 2.79. The summed E-state index contributed by atoms with van der Waals surface area (Å²) in [5.41, 5.74) is 2.57. The van der Waals surface area contributed by atoms with Gasteiger partial charge in [0.05, 0.1) is 18.2 Å². The lowest BCUT2D eigenvalue weighted by atomic mass is 10.2. The summed E-state index contributed by atoms with van der Waals surface area (Å²) in [6, 6.07) is 3.92. The Morgan fingerprint density at radius 1 is 1.62 bits per heavy atom. The molecule has 2 rings (SSSR count). The summed E-state index contributed by atoms with van der Waals surface area (Å²) in [5.74, 6) is 0. The predicted molar refractivity (Wildman–Crippen MR) is 47.0 cm³/mol. The van der Waals surface area contributed by atoms with Gasteiger partial charge in [-0.2, -0.15) is 10.4 Å². The summed E-state index contributed by atoms with van der Waals surface area (Å²) < 4.78 is 1.70. The lowest BCUT2D eigenvalue weighted by molar-refractivity contribution is 0.917. The van der Waals surface area contributed by atoms with Crippen molar-refractivity contribution in [1.82, 2.24) is 14.6 Å². The fraction of sp³-hybridized carbons (Fsp3) is 0.222. The Kier molecular flexibility index (Phi) is 1.71. The average molecular weight is 172 g/mol. The minimum atomic E-state index is 0.367. The predicted octanol–water partition coefficient (Wildman–Crippen LogP) is 1.10. The van der Waals surface area contributed by atoms with Crippen LogP contribution in [-0.4, -0.2) is 14.6 Å². The van der Waals surface area contributed by atoms with E-state index in [-0.39, 0.29) is 0 Å². The van der Waals surface area contributed by atoms with Crippen molar-refractivity contribution in [2.24, 2.45) is 0 Å². The van der Waals surface area contributed by atoms with E-state index >= 15 is 0 Å². The van der Waals surface area contributed by atoms with Crippen molar-refractivity contribution in [3.8, 4) is 6.07 Å². The molecule has 0 N–H and O–H groups in total. The highest BCUT2D eigenvalue weighted by Gasteiger charge is 2.08. The van der Waals surface area contributed by atoms with Crippen LogP contribution in [0.15, 0.2) is 18.5 Å². The Labute approximate surface area is 75.4 Å². The Hall–Kier alpha value is -1.89. The van der Waals surface area contributed by atoms with Crippen LogP contribution in [0.3, 0.4) is 0 Å². The van der Waals surface area contributed by atoms with Gasteiger partial charge >= 0.3 is 0 Å². The molecule has 0 aliphatic heterocycles. The third-order valence-corrected chi connectivity index (χ3v) is 1.95. The van der Waals surface area contributed by atoms with Gasteiger partial charge in [-0.1, -0.05) is 0 Å². The van der Waals surface area contributed by atoms with Gasteiger partial charge in [-0.25, -0.2) is 9.50 Å². The van der Waals surface area contributed by atoms with E-state index in [4.69, 9.17) is 5.26 Å². The number of aromatic nitrogens is 3. The first-order chi connectivity index (χ1) is 6.33. The fourth-order valence-corrected chi connectivity index (χ4v) is 1.33. The fourth-order valence-electron chi connectivity index (χ4n) is 1.33. The van der Waals surface area contributed by atoms with E-state index in [1.807, 2.05) is 19.2 Å². The molecule has 0 radical (unpaired) electrons. The van der Waals surface area contributed by atoms with E-state index < -0.39 is 0 Å². The topological polar surface area (TPSA) is 54.0 Å². The summed E-state index contributed by atoms with van der Waals surface area (Å²) >= 11 is 0. The van der Waals surface area contributed by atoms with E-state index in [9.17, 15) is 0 Å². The summed E-state index contributed by atoms with van der Waals surface area (Å²) in [6.45, 7) is 1.89. The van der Waals surface area contributed by atoms with E-state index in [2.05, 4.69) is 16.2 Å². The maximum absolute atomic E-state index is 8.61. The highest BCUT2D eigenvalue weighted by molar-refractivity contribution is 5.50. The van der Waals surface area contributed by atoms with Crippen LogP contribution >= 0.6 is 0 Å². The zero-order chi connectivity index (χ0) is 9.26. The second-order valence-electron chi connectivity index (χ2n) is 2.79. The normalized spacial score (nSPS) is 10.2. The van der Waals surface area contributed by atoms with Crippen molar-refractivity contribution in [2.45, 2.75) is 13.3 Å². The SMILES string of the molecule is Cc1nn2cccnc2c1CC#N. The van der Waals surface area contributed by atoms with Crippen molar-refractivity contribution in [3.05, 3.63) is 29.7 Å². The van der Waals surface area contributed by atoms with Gasteiger partial charge in [0.25, 0.3) is 0 Å². The number of nitrogens with zero attached hydrogens (tertiary/aromatic N) is 4. The number of fused-ring (bicyclic) bond motifs is 1. The molecule has 2 heterocycles. The van der Waals surface area contributed by atoms with Gasteiger partial charge in [0.15, 0.2) is 5.65 Å². The lowest BCUT2D eigenvalue weighted by Gasteiger charge is -1.90. The summed E-state index contributed by atoms with van der Waals surface area (Å²) in [4.78, 5) is 4.17. The molecule has 0 aromatic carbocycles. The first-order valence-electron chi connectivity index (χ1n) is 3.98. The zero-order valence-electron chi connectivity index (χ0n) is 7.23. The Bertz CT molecular complexity index is 478. The zero-order valence-corrected chi connectivity index (χ0v) is 7.23.